The molecule has 1 aromatic heterocycles. The van der Waals surface area contributed by atoms with Crippen LogP contribution in [0.15, 0.2) is 16.7 Å². The summed E-state index contributed by atoms with van der Waals surface area (Å²) in [6.45, 7) is 1.98. The zero-order valence-electron chi connectivity index (χ0n) is 8.93. The molecular weight excluding hydrogens is 277 g/mol. The molecule has 0 aliphatic rings. The Morgan fingerprint density at radius 2 is 2.27 bits per heavy atom. The van der Waals surface area contributed by atoms with Crippen LogP contribution in [0.4, 0.5) is 5.82 Å². The molecule has 0 aliphatic heterocycles. The molecule has 0 aromatic carbocycles. The Bertz CT molecular complexity index is 318. The lowest BCUT2D eigenvalue weighted by Crippen LogP contribution is -2.16. The number of pyridine rings is 1. The predicted molar refractivity (Wildman–Crippen MR) is 68.6 cm³/mol. The molecule has 0 unspecified atom stereocenters. The highest BCUT2D eigenvalue weighted by Crippen LogP contribution is 2.22. The smallest absolute Gasteiger partial charge is 0.140 e. The van der Waals surface area contributed by atoms with Crippen molar-refractivity contribution in [1.82, 2.24) is 9.88 Å². The lowest BCUT2D eigenvalue weighted by Gasteiger charge is -2.10. The van der Waals surface area contributed by atoms with E-state index in [1.165, 1.54) is 0 Å². The average molecular weight is 293 g/mol. The molecule has 0 aliphatic carbocycles. The average Bonchev–Trinajstić information content (AvgIpc) is 2.14. The molecule has 0 saturated heterocycles. The van der Waals surface area contributed by atoms with Gasteiger partial charge in [0.1, 0.15) is 5.82 Å². The topological polar surface area (TPSA) is 28.2 Å². The van der Waals surface area contributed by atoms with Gasteiger partial charge in [-0.05, 0) is 49.1 Å². The molecule has 84 valence electrons. The summed E-state index contributed by atoms with van der Waals surface area (Å²) in [6, 6.07) is 1.84. The maximum Gasteiger partial charge on any atom is 0.140 e. The van der Waals surface area contributed by atoms with Crippen LogP contribution in [-0.2, 0) is 0 Å². The number of halogens is 2. The lowest BCUT2D eigenvalue weighted by atomic mass is 10.4. The van der Waals surface area contributed by atoms with E-state index in [0.717, 1.165) is 29.8 Å². The van der Waals surface area contributed by atoms with Gasteiger partial charge in [-0.25, -0.2) is 4.98 Å². The van der Waals surface area contributed by atoms with E-state index in [1.54, 1.807) is 6.20 Å². The minimum absolute atomic E-state index is 0.640. The molecule has 1 N–H and O–H groups in total. The molecule has 3 nitrogen and oxygen atoms in total. The molecule has 0 saturated carbocycles. The number of aromatic nitrogens is 1. The highest BCUT2D eigenvalue weighted by molar-refractivity contribution is 9.10. The van der Waals surface area contributed by atoms with Crippen molar-refractivity contribution in [3.63, 3.8) is 0 Å². The fourth-order valence-corrected chi connectivity index (χ4v) is 1.93. The Morgan fingerprint density at radius 3 is 2.87 bits per heavy atom. The van der Waals surface area contributed by atoms with Crippen LogP contribution in [-0.4, -0.2) is 37.1 Å². The molecule has 0 amide bonds. The van der Waals surface area contributed by atoms with E-state index in [-0.39, 0.29) is 0 Å². The van der Waals surface area contributed by atoms with E-state index in [2.05, 4.69) is 45.2 Å². The highest BCUT2D eigenvalue weighted by Gasteiger charge is 2.01. The number of rotatable bonds is 5. The third-order valence-electron chi connectivity index (χ3n) is 1.88. The zero-order valence-corrected chi connectivity index (χ0v) is 11.3. The Morgan fingerprint density at radius 1 is 1.53 bits per heavy atom. The SMILES string of the molecule is CN(C)CCCNc1ncc(Cl)cc1Br. The van der Waals surface area contributed by atoms with Crippen molar-refractivity contribution in [3.8, 4) is 0 Å². The fourth-order valence-electron chi connectivity index (χ4n) is 1.15. The van der Waals surface area contributed by atoms with Crippen LogP contribution in [0.25, 0.3) is 0 Å². The molecule has 0 spiro atoms. The number of hydrogen-bond donors (Lipinski definition) is 1. The van der Waals surface area contributed by atoms with Crippen molar-refractivity contribution in [3.05, 3.63) is 21.8 Å². The van der Waals surface area contributed by atoms with Gasteiger partial charge in [0.2, 0.25) is 0 Å². The van der Waals surface area contributed by atoms with E-state index >= 15 is 0 Å². The van der Waals surface area contributed by atoms with Gasteiger partial charge in [-0.2, -0.15) is 0 Å². The fraction of sp³-hybridized carbons (Fsp3) is 0.500. The van der Waals surface area contributed by atoms with Crippen LogP contribution in [0.2, 0.25) is 5.02 Å². The second-order valence-electron chi connectivity index (χ2n) is 3.57. The van der Waals surface area contributed by atoms with Gasteiger partial charge in [-0.15, -0.1) is 0 Å². The Balaban J connectivity index is 2.37. The number of hydrogen-bond acceptors (Lipinski definition) is 3. The molecule has 0 atom stereocenters. The van der Waals surface area contributed by atoms with Gasteiger partial charge >= 0.3 is 0 Å². The zero-order chi connectivity index (χ0) is 11.3. The van der Waals surface area contributed by atoms with Crippen molar-refractivity contribution in [2.75, 3.05) is 32.5 Å². The van der Waals surface area contributed by atoms with Crippen molar-refractivity contribution < 1.29 is 0 Å². The van der Waals surface area contributed by atoms with Gasteiger partial charge in [-0.1, -0.05) is 11.6 Å². The van der Waals surface area contributed by atoms with Crippen LogP contribution in [0.1, 0.15) is 6.42 Å². The van der Waals surface area contributed by atoms with Crippen LogP contribution >= 0.6 is 27.5 Å². The largest absolute Gasteiger partial charge is 0.369 e. The number of nitrogens with zero attached hydrogens (tertiary/aromatic N) is 2. The molecule has 1 heterocycles. The first-order valence-electron chi connectivity index (χ1n) is 4.79. The van der Waals surface area contributed by atoms with Crippen LogP contribution in [0.3, 0.4) is 0 Å². The van der Waals surface area contributed by atoms with Crippen LogP contribution in [0, 0.1) is 0 Å². The summed E-state index contributed by atoms with van der Waals surface area (Å²) in [5.74, 6) is 0.846. The second-order valence-corrected chi connectivity index (χ2v) is 4.86. The Labute approximate surface area is 104 Å². The molecule has 15 heavy (non-hydrogen) atoms. The van der Waals surface area contributed by atoms with Crippen LogP contribution in [0.5, 0.6) is 0 Å². The monoisotopic (exact) mass is 291 g/mol. The summed E-state index contributed by atoms with van der Waals surface area (Å²) in [4.78, 5) is 6.35. The van der Waals surface area contributed by atoms with Gasteiger partial charge in [0.05, 0.1) is 9.50 Å². The minimum Gasteiger partial charge on any atom is -0.369 e. The maximum absolute atomic E-state index is 5.79. The standard InChI is InChI=1S/C10H15BrClN3/c1-15(2)5-3-4-13-10-9(11)6-8(12)7-14-10/h6-7H,3-5H2,1-2H3,(H,13,14). The Hall–Kier alpha value is -0.320. The van der Waals surface area contributed by atoms with E-state index in [0.29, 0.717) is 5.02 Å². The highest BCUT2D eigenvalue weighted by atomic mass is 79.9. The third kappa shape index (κ3) is 4.82. The normalized spacial score (nSPS) is 10.7. The van der Waals surface area contributed by atoms with Crippen LogP contribution < -0.4 is 5.32 Å². The minimum atomic E-state index is 0.640. The van der Waals surface area contributed by atoms with E-state index < -0.39 is 0 Å². The molecule has 0 radical (unpaired) electrons. The van der Waals surface area contributed by atoms with E-state index in [9.17, 15) is 0 Å². The molecule has 1 rings (SSSR count). The van der Waals surface area contributed by atoms with Crippen molar-refractivity contribution >= 4 is 33.3 Å². The van der Waals surface area contributed by atoms with Gasteiger partial charge in [0, 0.05) is 12.7 Å². The maximum atomic E-state index is 5.79. The summed E-state index contributed by atoms with van der Waals surface area (Å²) in [5.41, 5.74) is 0. The quantitative estimate of drug-likeness (QED) is 0.846. The first-order valence-corrected chi connectivity index (χ1v) is 5.96. The number of nitrogens with one attached hydrogen (secondary N) is 1. The second kappa shape index (κ2) is 6.30. The summed E-state index contributed by atoms with van der Waals surface area (Å²) >= 11 is 9.20. The van der Waals surface area contributed by atoms with Crippen molar-refractivity contribution in [2.45, 2.75) is 6.42 Å². The van der Waals surface area contributed by atoms with Crippen molar-refractivity contribution in [1.29, 1.82) is 0 Å². The van der Waals surface area contributed by atoms with Gasteiger partial charge < -0.3 is 10.2 Å². The molecule has 0 bridgehead atoms. The predicted octanol–water partition coefficient (Wildman–Crippen LogP) is 2.86. The summed E-state index contributed by atoms with van der Waals surface area (Å²) in [6.07, 6.45) is 2.73. The lowest BCUT2D eigenvalue weighted by molar-refractivity contribution is 0.405. The number of anilines is 1. The molecular formula is C10H15BrClN3. The molecule has 0 fully saturated rings. The third-order valence-corrected chi connectivity index (χ3v) is 2.69. The first-order chi connectivity index (χ1) is 7.09. The van der Waals surface area contributed by atoms with Gasteiger partial charge in [-0.3, -0.25) is 0 Å². The van der Waals surface area contributed by atoms with Gasteiger partial charge in [0.25, 0.3) is 0 Å². The summed E-state index contributed by atoms with van der Waals surface area (Å²) in [5, 5.41) is 3.89. The van der Waals surface area contributed by atoms with E-state index in [4.69, 9.17) is 11.6 Å². The molecule has 5 heteroatoms. The molecule has 1 aromatic rings. The van der Waals surface area contributed by atoms with E-state index in [1.807, 2.05) is 6.07 Å². The van der Waals surface area contributed by atoms with Gasteiger partial charge in [0.15, 0.2) is 0 Å². The first kappa shape index (κ1) is 12.7. The summed E-state index contributed by atoms with van der Waals surface area (Å²) < 4.78 is 0.903. The Kier molecular flexibility index (Phi) is 5.36. The van der Waals surface area contributed by atoms with Crippen molar-refractivity contribution in [2.24, 2.45) is 0 Å². The summed E-state index contributed by atoms with van der Waals surface area (Å²) in [7, 11) is 4.13.